The van der Waals surface area contributed by atoms with Gasteiger partial charge < -0.3 is 4.74 Å². The number of ether oxygens (including phenoxy) is 1. The van der Waals surface area contributed by atoms with Crippen LogP contribution in [0, 0.1) is 0 Å². The highest BCUT2D eigenvalue weighted by molar-refractivity contribution is 6.15. The summed E-state index contributed by atoms with van der Waals surface area (Å²) < 4.78 is 5.52. The lowest BCUT2D eigenvalue weighted by Gasteiger charge is -2.15. The lowest BCUT2D eigenvalue weighted by molar-refractivity contribution is 0.181. The lowest BCUT2D eigenvalue weighted by Crippen LogP contribution is -2.05. The van der Waals surface area contributed by atoms with Gasteiger partial charge in [-0.25, -0.2) is 0 Å². The Morgan fingerprint density at radius 3 is 2.65 bits per heavy atom. The van der Waals surface area contributed by atoms with Gasteiger partial charge in [0.15, 0.2) is 0 Å². The average Bonchev–Trinajstić information content (AvgIpc) is 2.96. The molecule has 0 spiro atoms. The van der Waals surface area contributed by atoms with Gasteiger partial charge in [0.1, 0.15) is 0 Å². The van der Waals surface area contributed by atoms with E-state index in [0.717, 1.165) is 13.0 Å². The minimum Gasteiger partial charge on any atom is -0.384 e. The molecule has 0 amide bonds. The maximum atomic E-state index is 5.52. The van der Waals surface area contributed by atoms with Gasteiger partial charge in [0.25, 0.3) is 0 Å². The Morgan fingerprint density at radius 1 is 0.870 bits per heavy atom. The lowest BCUT2D eigenvalue weighted by atomic mass is 9.91. The Morgan fingerprint density at radius 2 is 1.74 bits per heavy atom. The summed E-state index contributed by atoms with van der Waals surface area (Å²) in [5.41, 5.74) is 2.95. The third kappa shape index (κ3) is 1.77. The predicted molar refractivity (Wildman–Crippen MR) is 97.3 cm³/mol. The van der Waals surface area contributed by atoms with E-state index in [1.54, 1.807) is 7.11 Å². The molecule has 0 radical (unpaired) electrons. The summed E-state index contributed by atoms with van der Waals surface area (Å²) >= 11 is 0. The second kappa shape index (κ2) is 4.81. The molecule has 0 fully saturated rings. The average molecular weight is 298 g/mol. The summed E-state index contributed by atoms with van der Waals surface area (Å²) in [6, 6.07) is 22.3. The molecule has 1 aliphatic rings. The minimum absolute atomic E-state index is 0.463. The Balaban J connectivity index is 1.99. The smallest absolute Gasteiger partial charge is 0.0534 e. The maximum absolute atomic E-state index is 5.52. The van der Waals surface area contributed by atoms with Crippen molar-refractivity contribution in [2.24, 2.45) is 0 Å². The number of hydrogen-bond acceptors (Lipinski definition) is 1. The molecule has 1 atom stereocenters. The van der Waals surface area contributed by atoms with Crippen LogP contribution < -0.4 is 0 Å². The number of benzene rings is 4. The van der Waals surface area contributed by atoms with E-state index in [1.165, 1.54) is 43.4 Å². The van der Waals surface area contributed by atoms with E-state index in [0.29, 0.717) is 5.92 Å². The van der Waals surface area contributed by atoms with Crippen LogP contribution in [0.5, 0.6) is 0 Å². The molecule has 1 nitrogen and oxygen atoms in total. The number of fused-ring (bicyclic) bond motifs is 4. The first kappa shape index (κ1) is 13.1. The van der Waals surface area contributed by atoms with Gasteiger partial charge in [-0.05, 0) is 55.9 Å². The van der Waals surface area contributed by atoms with Crippen molar-refractivity contribution in [3.05, 3.63) is 71.8 Å². The van der Waals surface area contributed by atoms with Crippen LogP contribution >= 0.6 is 0 Å². The summed E-state index contributed by atoms with van der Waals surface area (Å²) in [6.07, 6.45) is 1.09. The van der Waals surface area contributed by atoms with E-state index in [2.05, 4.69) is 60.7 Å². The normalized spacial score (nSPS) is 16.7. The molecule has 1 unspecified atom stereocenters. The van der Waals surface area contributed by atoms with Gasteiger partial charge in [-0.2, -0.15) is 0 Å². The van der Waals surface area contributed by atoms with Crippen LogP contribution in [0.2, 0.25) is 0 Å². The first-order valence-electron chi connectivity index (χ1n) is 8.22. The summed E-state index contributed by atoms with van der Waals surface area (Å²) in [5, 5.41) is 8.23. The molecule has 4 aromatic rings. The fourth-order valence-corrected chi connectivity index (χ4v) is 4.35. The second-order valence-electron chi connectivity index (χ2n) is 6.54. The van der Waals surface area contributed by atoms with Crippen molar-refractivity contribution in [3.63, 3.8) is 0 Å². The van der Waals surface area contributed by atoms with Crippen LogP contribution in [0.4, 0.5) is 0 Å². The van der Waals surface area contributed by atoms with Crippen LogP contribution in [0.15, 0.2) is 60.7 Å². The van der Waals surface area contributed by atoms with Gasteiger partial charge in [-0.1, -0.05) is 54.6 Å². The zero-order valence-electron chi connectivity index (χ0n) is 13.2. The Hall–Kier alpha value is -2.38. The third-order valence-corrected chi connectivity index (χ3v) is 5.26. The quantitative estimate of drug-likeness (QED) is 0.354. The van der Waals surface area contributed by atoms with Crippen molar-refractivity contribution >= 4 is 32.3 Å². The molecule has 112 valence electrons. The van der Waals surface area contributed by atoms with Gasteiger partial charge in [0.05, 0.1) is 6.61 Å². The second-order valence-corrected chi connectivity index (χ2v) is 6.54. The van der Waals surface area contributed by atoms with Crippen LogP contribution in [-0.4, -0.2) is 13.7 Å². The number of rotatable bonds is 2. The zero-order valence-corrected chi connectivity index (χ0v) is 13.2. The third-order valence-electron chi connectivity index (χ3n) is 5.26. The largest absolute Gasteiger partial charge is 0.384 e. The number of methoxy groups -OCH3 is 1. The molecular weight excluding hydrogens is 280 g/mol. The van der Waals surface area contributed by atoms with Gasteiger partial charge in [0, 0.05) is 13.0 Å². The fraction of sp³-hybridized carbons (Fsp3) is 0.182. The molecular formula is C22H18O. The van der Waals surface area contributed by atoms with Gasteiger partial charge in [-0.3, -0.25) is 0 Å². The predicted octanol–water partition coefficient (Wildman–Crippen LogP) is 5.43. The monoisotopic (exact) mass is 298 g/mol. The summed E-state index contributed by atoms with van der Waals surface area (Å²) in [5.74, 6) is 0.463. The van der Waals surface area contributed by atoms with Gasteiger partial charge in [0.2, 0.25) is 0 Å². The van der Waals surface area contributed by atoms with E-state index in [-0.39, 0.29) is 0 Å². The van der Waals surface area contributed by atoms with Crippen LogP contribution in [-0.2, 0) is 11.2 Å². The van der Waals surface area contributed by atoms with Crippen molar-refractivity contribution in [1.82, 2.24) is 0 Å². The Labute approximate surface area is 135 Å². The maximum Gasteiger partial charge on any atom is 0.0534 e. The van der Waals surface area contributed by atoms with Crippen molar-refractivity contribution in [2.75, 3.05) is 13.7 Å². The molecule has 1 aliphatic carbocycles. The highest BCUT2D eigenvalue weighted by atomic mass is 16.5. The van der Waals surface area contributed by atoms with E-state index in [4.69, 9.17) is 4.74 Å². The summed E-state index contributed by atoms with van der Waals surface area (Å²) in [7, 11) is 1.81. The summed E-state index contributed by atoms with van der Waals surface area (Å²) in [4.78, 5) is 0. The molecule has 5 rings (SSSR count). The number of hydrogen-bond donors (Lipinski definition) is 0. The molecule has 0 saturated heterocycles. The standard InChI is InChI=1S/C22H18O/c1-23-13-17-11-15-6-4-7-16-12-20-18-8-3-2-5-14(18)9-10-19(20)22(17)21(15)16/h2-10,12,17H,11,13H2,1H3. The summed E-state index contributed by atoms with van der Waals surface area (Å²) in [6.45, 7) is 0.787. The van der Waals surface area contributed by atoms with Crippen molar-refractivity contribution < 1.29 is 4.74 Å². The van der Waals surface area contributed by atoms with Crippen LogP contribution in [0.3, 0.4) is 0 Å². The minimum atomic E-state index is 0.463. The SMILES string of the molecule is COCC1Cc2cccc3cc4c(ccc5ccccc54)c1c23. The topological polar surface area (TPSA) is 9.23 Å². The van der Waals surface area contributed by atoms with Gasteiger partial charge >= 0.3 is 0 Å². The van der Waals surface area contributed by atoms with E-state index in [1.807, 2.05) is 0 Å². The van der Waals surface area contributed by atoms with Crippen molar-refractivity contribution in [1.29, 1.82) is 0 Å². The molecule has 0 N–H and O–H groups in total. The Kier molecular flexibility index (Phi) is 2.74. The van der Waals surface area contributed by atoms with Crippen molar-refractivity contribution in [3.8, 4) is 0 Å². The fourth-order valence-electron chi connectivity index (χ4n) is 4.35. The highest BCUT2D eigenvalue weighted by Crippen LogP contribution is 2.44. The van der Waals surface area contributed by atoms with E-state index < -0.39 is 0 Å². The van der Waals surface area contributed by atoms with E-state index >= 15 is 0 Å². The first-order chi connectivity index (χ1) is 11.4. The molecule has 23 heavy (non-hydrogen) atoms. The van der Waals surface area contributed by atoms with Crippen LogP contribution in [0.25, 0.3) is 32.3 Å². The van der Waals surface area contributed by atoms with Gasteiger partial charge in [-0.15, -0.1) is 0 Å². The molecule has 1 heteroatoms. The highest BCUT2D eigenvalue weighted by Gasteiger charge is 2.26. The van der Waals surface area contributed by atoms with Crippen molar-refractivity contribution in [2.45, 2.75) is 12.3 Å². The first-order valence-corrected chi connectivity index (χ1v) is 8.22. The van der Waals surface area contributed by atoms with Crippen LogP contribution in [0.1, 0.15) is 17.0 Å². The molecule has 0 bridgehead atoms. The Bertz CT molecular complexity index is 1060. The molecule has 4 aromatic carbocycles. The van der Waals surface area contributed by atoms with E-state index in [9.17, 15) is 0 Å². The molecule has 0 aliphatic heterocycles. The molecule has 0 aromatic heterocycles. The zero-order chi connectivity index (χ0) is 15.4. The molecule has 0 heterocycles. The molecule has 0 saturated carbocycles.